The summed E-state index contributed by atoms with van der Waals surface area (Å²) in [6.07, 6.45) is 6.73. The van der Waals surface area contributed by atoms with E-state index in [1.165, 1.54) is 0 Å². The summed E-state index contributed by atoms with van der Waals surface area (Å²) in [7, 11) is 1.86. The van der Waals surface area contributed by atoms with Gasteiger partial charge in [-0.3, -0.25) is 14.3 Å². The predicted octanol–water partition coefficient (Wildman–Crippen LogP) is 1.07. The Morgan fingerprint density at radius 1 is 1.40 bits per heavy atom. The number of hydrogen-bond donors (Lipinski definition) is 1. The van der Waals surface area contributed by atoms with Crippen LogP contribution in [0.2, 0.25) is 0 Å². The SMILES string of the molecule is Cn1cc(CCC(=O)N2CCC(CC(=O)O)CC2)cn1. The van der Waals surface area contributed by atoms with Crippen molar-refractivity contribution >= 4 is 11.9 Å². The van der Waals surface area contributed by atoms with Crippen LogP contribution in [0.15, 0.2) is 12.4 Å². The van der Waals surface area contributed by atoms with Gasteiger partial charge in [-0.25, -0.2) is 0 Å². The molecule has 0 unspecified atom stereocenters. The van der Waals surface area contributed by atoms with Gasteiger partial charge in [-0.05, 0) is 30.7 Å². The number of carbonyl (C=O) groups excluding carboxylic acids is 1. The van der Waals surface area contributed by atoms with Gasteiger partial charge in [0.15, 0.2) is 0 Å². The third-order valence-electron chi connectivity index (χ3n) is 3.82. The summed E-state index contributed by atoms with van der Waals surface area (Å²) in [4.78, 5) is 24.6. The first-order valence-corrected chi connectivity index (χ1v) is 7.01. The molecule has 0 aliphatic carbocycles. The Hall–Kier alpha value is -1.85. The van der Waals surface area contributed by atoms with Crippen molar-refractivity contribution in [1.82, 2.24) is 14.7 Å². The summed E-state index contributed by atoms with van der Waals surface area (Å²) in [5.74, 6) is -0.371. The molecule has 1 saturated heterocycles. The molecule has 2 heterocycles. The van der Waals surface area contributed by atoms with Gasteiger partial charge in [-0.15, -0.1) is 0 Å². The normalized spacial score (nSPS) is 16.4. The summed E-state index contributed by atoms with van der Waals surface area (Å²) >= 11 is 0. The lowest BCUT2D eigenvalue weighted by atomic mass is 9.93. The van der Waals surface area contributed by atoms with Crippen LogP contribution in [0.4, 0.5) is 0 Å². The maximum absolute atomic E-state index is 12.1. The first-order valence-electron chi connectivity index (χ1n) is 7.01. The predicted molar refractivity (Wildman–Crippen MR) is 73.1 cm³/mol. The minimum Gasteiger partial charge on any atom is -0.481 e. The van der Waals surface area contributed by atoms with Gasteiger partial charge >= 0.3 is 5.97 Å². The average molecular weight is 279 g/mol. The van der Waals surface area contributed by atoms with Crippen molar-refractivity contribution in [1.29, 1.82) is 0 Å². The lowest BCUT2D eigenvalue weighted by Gasteiger charge is -2.31. The van der Waals surface area contributed by atoms with Crippen LogP contribution >= 0.6 is 0 Å². The molecule has 20 heavy (non-hydrogen) atoms. The fraction of sp³-hybridized carbons (Fsp3) is 0.643. The third-order valence-corrected chi connectivity index (χ3v) is 3.82. The number of amides is 1. The van der Waals surface area contributed by atoms with Crippen LogP contribution in [0, 0.1) is 5.92 Å². The van der Waals surface area contributed by atoms with E-state index in [9.17, 15) is 9.59 Å². The molecule has 0 radical (unpaired) electrons. The number of nitrogens with zero attached hydrogens (tertiary/aromatic N) is 3. The smallest absolute Gasteiger partial charge is 0.303 e. The van der Waals surface area contributed by atoms with E-state index in [0.717, 1.165) is 18.4 Å². The molecule has 6 nitrogen and oxygen atoms in total. The lowest BCUT2D eigenvalue weighted by molar-refractivity contribution is -0.138. The highest BCUT2D eigenvalue weighted by Crippen LogP contribution is 2.21. The molecule has 1 fully saturated rings. The Labute approximate surface area is 118 Å². The van der Waals surface area contributed by atoms with Gasteiger partial charge < -0.3 is 10.0 Å². The van der Waals surface area contributed by atoms with Gasteiger partial charge in [0.05, 0.1) is 6.20 Å². The van der Waals surface area contributed by atoms with E-state index in [-0.39, 0.29) is 18.2 Å². The molecule has 1 aliphatic rings. The second-order valence-corrected chi connectivity index (χ2v) is 5.44. The van der Waals surface area contributed by atoms with E-state index in [0.29, 0.717) is 25.9 Å². The maximum atomic E-state index is 12.1. The third kappa shape index (κ3) is 4.08. The van der Waals surface area contributed by atoms with Crippen LogP contribution < -0.4 is 0 Å². The van der Waals surface area contributed by atoms with Gasteiger partial charge in [0.2, 0.25) is 5.91 Å². The molecule has 0 aromatic carbocycles. The summed E-state index contributed by atoms with van der Waals surface area (Å²) in [6, 6.07) is 0. The highest BCUT2D eigenvalue weighted by Gasteiger charge is 2.23. The van der Waals surface area contributed by atoms with Gasteiger partial charge in [0.25, 0.3) is 0 Å². The zero-order valence-corrected chi connectivity index (χ0v) is 11.8. The maximum Gasteiger partial charge on any atom is 0.303 e. The number of carboxylic acid groups (broad SMARTS) is 1. The van der Waals surface area contributed by atoms with Crippen molar-refractivity contribution < 1.29 is 14.7 Å². The van der Waals surface area contributed by atoms with E-state index in [4.69, 9.17) is 5.11 Å². The highest BCUT2D eigenvalue weighted by atomic mass is 16.4. The highest BCUT2D eigenvalue weighted by molar-refractivity contribution is 5.76. The second kappa shape index (κ2) is 6.54. The molecule has 0 bridgehead atoms. The Kier molecular flexibility index (Phi) is 4.76. The lowest BCUT2D eigenvalue weighted by Crippen LogP contribution is -2.39. The number of carbonyl (C=O) groups is 2. The van der Waals surface area contributed by atoms with Crippen LogP contribution in [0.1, 0.15) is 31.2 Å². The zero-order valence-electron chi connectivity index (χ0n) is 11.8. The van der Waals surface area contributed by atoms with Crippen molar-refractivity contribution in [3.05, 3.63) is 18.0 Å². The minimum absolute atomic E-state index is 0.155. The van der Waals surface area contributed by atoms with Crippen LogP contribution in [0.25, 0.3) is 0 Å². The van der Waals surface area contributed by atoms with Crippen molar-refractivity contribution in [2.24, 2.45) is 13.0 Å². The molecule has 2 rings (SSSR count). The van der Waals surface area contributed by atoms with Gasteiger partial charge in [0, 0.05) is 39.2 Å². The van der Waals surface area contributed by atoms with E-state index in [1.807, 2.05) is 18.1 Å². The molecule has 1 amide bonds. The van der Waals surface area contributed by atoms with Crippen LogP contribution in [-0.2, 0) is 23.1 Å². The van der Waals surface area contributed by atoms with Gasteiger partial charge in [-0.2, -0.15) is 5.10 Å². The van der Waals surface area contributed by atoms with Crippen LogP contribution in [-0.4, -0.2) is 44.8 Å². The molecule has 110 valence electrons. The largest absolute Gasteiger partial charge is 0.481 e. The number of piperidine rings is 1. The number of carboxylic acids is 1. The van der Waals surface area contributed by atoms with Gasteiger partial charge in [0.1, 0.15) is 0 Å². The molecule has 1 aromatic heterocycles. The number of aliphatic carboxylic acids is 1. The van der Waals surface area contributed by atoms with Crippen molar-refractivity contribution in [3.63, 3.8) is 0 Å². The average Bonchev–Trinajstić information content (AvgIpc) is 2.82. The summed E-state index contributed by atoms with van der Waals surface area (Å²) in [6.45, 7) is 1.37. The van der Waals surface area contributed by atoms with Crippen LogP contribution in [0.5, 0.6) is 0 Å². The standard InChI is InChI=1S/C14H21N3O3/c1-16-10-12(9-15-16)2-3-13(18)17-6-4-11(5-7-17)8-14(19)20/h9-11H,2-8H2,1H3,(H,19,20). The Balaban J connectivity index is 1.73. The monoisotopic (exact) mass is 279 g/mol. The zero-order chi connectivity index (χ0) is 14.5. The topological polar surface area (TPSA) is 75.4 Å². The molecule has 1 aliphatic heterocycles. The first kappa shape index (κ1) is 14.6. The van der Waals surface area contributed by atoms with E-state index in [1.54, 1.807) is 10.9 Å². The molecule has 1 aromatic rings. The van der Waals surface area contributed by atoms with E-state index in [2.05, 4.69) is 5.10 Å². The molecule has 1 N–H and O–H groups in total. The van der Waals surface area contributed by atoms with Crippen molar-refractivity contribution in [2.45, 2.75) is 32.1 Å². The van der Waals surface area contributed by atoms with Gasteiger partial charge in [-0.1, -0.05) is 0 Å². The Morgan fingerprint density at radius 3 is 2.65 bits per heavy atom. The van der Waals surface area contributed by atoms with E-state index < -0.39 is 5.97 Å². The summed E-state index contributed by atoms with van der Waals surface area (Å²) in [5.41, 5.74) is 1.07. The fourth-order valence-corrected chi connectivity index (χ4v) is 2.64. The first-order chi connectivity index (χ1) is 9.54. The molecular formula is C14H21N3O3. The molecule has 0 saturated carbocycles. The fourth-order valence-electron chi connectivity index (χ4n) is 2.64. The molecule has 6 heteroatoms. The van der Waals surface area contributed by atoms with E-state index >= 15 is 0 Å². The minimum atomic E-state index is -0.744. The summed E-state index contributed by atoms with van der Waals surface area (Å²) in [5, 5.41) is 12.8. The second-order valence-electron chi connectivity index (χ2n) is 5.44. The molecule has 0 atom stereocenters. The van der Waals surface area contributed by atoms with Crippen molar-refractivity contribution in [2.75, 3.05) is 13.1 Å². The number of hydrogen-bond acceptors (Lipinski definition) is 3. The number of likely N-dealkylation sites (tertiary alicyclic amines) is 1. The quantitative estimate of drug-likeness (QED) is 0.874. The number of rotatable bonds is 5. The van der Waals surface area contributed by atoms with Crippen LogP contribution in [0.3, 0.4) is 0 Å². The van der Waals surface area contributed by atoms with Crippen molar-refractivity contribution in [3.8, 4) is 0 Å². The Bertz CT molecular complexity index is 476. The number of aromatic nitrogens is 2. The molecular weight excluding hydrogens is 258 g/mol. The molecule has 0 spiro atoms. The number of aryl methyl sites for hydroxylation is 2. The Morgan fingerprint density at radius 2 is 2.10 bits per heavy atom. The summed E-state index contributed by atoms with van der Waals surface area (Å²) < 4.78 is 1.73.